The number of hydrogen-bond acceptors (Lipinski definition) is 9. The van der Waals surface area contributed by atoms with Crippen molar-refractivity contribution >= 4 is 35.0 Å². The summed E-state index contributed by atoms with van der Waals surface area (Å²) in [4.78, 5) is 42.9. The molecule has 3 heterocycles. The zero-order valence-corrected chi connectivity index (χ0v) is 16.6. The Labute approximate surface area is 176 Å². The second kappa shape index (κ2) is 8.24. The number of H-pyrrole nitrogens is 1. The average molecular weight is 430 g/mol. The third kappa shape index (κ3) is 4.44. The van der Waals surface area contributed by atoms with Crippen molar-refractivity contribution in [3.05, 3.63) is 34.1 Å². The van der Waals surface area contributed by atoms with Crippen molar-refractivity contribution in [2.24, 2.45) is 0 Å². The van der Waals surface area contributed by atoms with Crippen LogP contribution in [0.4, 0.5) is 23.1 Å². The van der Waals surface area contributed by atoms with Crippen LogP contribution in [0.15, 0.2) is 23.0 Å². The fourth-order valence-electron chi connectivity index (χ4n) is 3.38. The number of fused-ring (bicyclic) bond motifs is 2. The van der Waals surface area contributed by atoms with Gasteiger partial charge >= 0.3 is 0 Å². The van der Waals surface area contributed by atoms with Crippen molar-refractivity contribution in [1.82, 2.24) is 9.97 Å². The predicted molar refractivity (Wildman–Crippen MR) is 111 cm³/mol. The zero-order chi connectivity index (χ0) is 22.1. The molecule has 12 nitrogen and oxygen atoms in total. The number of rotatable bonds is 5. The summed E-state index contributed by atoms with van der Waals surface area (Å²) in [5.74, 6) is -0.0917. The Balaban J connectivity index is 1.46. The minimum atomic E-state index is -1.08. The Morgan fingerprint density at radius 2 is 2.16 bits per heavy atom. The van der Waals surface area contributed by atoms with E-state index >= 15 is 0 Å². The van der Waals surface area contributed by atoms with Gasteiger partial charge in [-0.05, 0) is 24.6 Å². The minimum Gasteiger partial charge on any atom is -0.482 e. The van der Waals surface area contributed by atoms with Gasteiger partial charge in [0.2, 0.25) is 11.9 Å². The molecule has 7 N–H and O–H groups in total. The van der Waals surface area contributed by atoms with Crippen LogP contribution in [0, 0.1) is 0 Å². The lowest BCUT2D eigenvalue weighted by Crippen LogP contribution is -2.48. The Hall–Kier alpha value is -3.64. The molecule has 0 fully saturated rings. The van der Waals surface area contributed by atoms with Gasteiger partial charge in [-0.3, -0.25) is 24.7 Å². The summed E-state index contributed by atoms with van der Waals surface area (Å²) >= 11 is 0. The van der Waals surface area contributed by atoms with Crippen molar-refractivity contribution in [1.29, 1.82) is 0 Å². The van der Waals surface area contributed by atoms with Gasteiger partial charge in [0.25, 0.3) is 11.5 Å². The molecule has 164 valence electrons. The van der Waals surface area contributed by atoms with Gasteiger partial charge in [0.15, 0.2) is 12.4 Å². The number of carbonyl (C=O) groups excluding carboxylic acids is 2. The first-order chi connectivity index (χ1) is 14.8. The lowest BCUT2D eigenvalue weighted by atomic mass is 10.0. The second-order valence-corrected chi connectivity index (χ2v) is 7.39. The van der Waals surface area contributed by atoms with Gasteiger partial charge < -0.3 is 30.9 Å². The molecule has 3 atom stereocenters. The highest BCUT2D eigenvalue weighted by molar-refractivity contribution is 5.96. The minimum absolute atomic E-state index is 0.0288. The topological polar surface area (TPSA) is 178 Å². The van der Waals surface area contributed by atoms with Crippen LogP contribution in [0.5, 0.6) is 5.75 Å². The number of ether oxygens (including phenoxy) is 1. The molecule has 12 heteroatoms. The van der Waals surface area contributed by atoms with Crippen LogP contribution in [0.1, 0.15) is 12.5 Å². The van der Waals surface area contributed by atoms with Gasteiger partial charge in [0.1, 0.15) is 17.5 Å². The summed E-state index contributed by atoms with van der Waals surface area (Å²) in [6.07, 6.45) is -2.08. The van der Waals surface area contributed by atoms with Gasteiger partial charge in [-0.25, -0.2) is 0 Å². The van der Waals surface area contributed by atoms with E-state index in [1.165, 1.54) is 6.92 Å². The standard InChI is InChI=1S/C19H22N6O6/c1-8(26)16(29)11-6-20-15-17(22-11)24-19(25-18(15)30)23-13(27)5-9-2-3-12-10(4-9)21-14(28)7-31-12/h2-4,8,11,16,20,26,29H,5-7H2,1H3,(H,21,28)(H3,22,23,24,25,27,30)/t8-,11-,16-/m0/s1. The van der Waals surface area contributed by atoms with Gasteiger partial charge in [-0.1, -0.05) is 6.07 Å². The van der Waals surface area contributed by atoms with Gasteiger partial charge in [0.05, 0.1) is 24.3 Å². The van der Waals surface area contributed by atoms with Gasteiger partial charge in [-0.2, -0.15) is 4.98 Å². The average Bonchev–Trinajstić information content (AvgIpc) is 2.72. The molecule has 1 aromatic heterocycles. The fraction of sp³-hybridized carbons (Fsp3) is 0.368. The Morgan fingerprint density at radius 1 is 1.35 bits per heavy atom. The second-order valence-electron chi connectivity index (χ2n) is 7.39. The largest absolute Gasteiger partial charge is 0.482 e. The molecule has 2 aliphatic rings. The number of carbonyl (C=O) groups is 2. The normalized spacial score (nSPS) is 18.8. The number of aliphatic hydroxyl groups is 2. The zero-order valence-electron chi connectivity index (χ0n) is 16.6. The first kappa shape index (κ1) is 20.6. The number of anilines is 4. The van der Waals surface area contributed by atoms with Crippen LogP contribution in [-0.2, 0) is 16.0 Å². The highest BCUT2D eigenvalue weighted by Gasteiger charge is 2.29. The van der Waals surface area contributed by atoms with Crippen molar-refractivity contribution in [2.75, 3.05) is 34.4 Å². The van der Waals surface area contributed by atoms with Crippen LogP contribution < -0.4 is 31.6 Å². The van der Waals surface area contributed by atoms with Crippen LogP contribution in [-0.4, -0.2) is 63.4 Å². The molecule has 2 aliphatic heterocycles. The number of nitrogens with zero attached hydrogens (tertiary/aromatic N) is 1. The molecule has 0 unspecified atom stereocenters. The van der Waals surface area contributed by atoms with Crippen molar-refractivity contribution < 1.29 is 24.5 Å². The summed E-state index contributed by atoms with van der Waals surface area (Å²) in [6.45, 7) is 1.62. The molecule has 31 heavy (non-hydrogen) atoms. The molecular weight excluding hydrogens is 408 g/mol. The van der Waals surface area contributed by atoms with Crippen LogP contribution in [0.3, 0.4) is 0 Å². The summed E-state index contributed by atoms with van der Waals surface area (Å²) in [7, 11) is 0. The Bertz CT molecular complexity index is 1080. The summed E-state index contributed by atoms with van der Waals surface area (Å²) < 4.78 is 5.29. The van der Waals surface area contributed by atoms with E-state index in [4.69, 9.17) is 4.74 Å². The summed E-state index contributed by atoms with van der Waals surface area (Å²) in [5, 5.41) is 30.6. The van der Waals surface area contributed by atoms with E-state index in [2.05, 4.69) is 31.2 Å². The number of nitrogens with one attached hydrogen (secondary N) is 5. The highest BCUT2D eigenvalue weighted by atomic mass is 16.5. The molecule has 2 aromatic rings. The SMILES string of the molecule is C[C@H](O)[C@H](O)[C@@H]1CNc2c(nc(NC(=O)Cc3ccc4c(c3)NC(=O)CO4)[nH]c2=O)N1. The van der Waals surface area contributed by atoms with E-state index in [1.54, 1.807) is 18.2 Å². The maximum absolute atomic E-state index is 12.5. The maximum atomic E-state index is 12.5. The number of aromatic amines is 1. The van der Waals surface area contributed by atoms with Crippen LogP contribution >= 0.6 is 0 Å². The monoisotopic (exact) mass is 430 g/mol. The number of benzene rings is 1. The van der Waals surface area contributed by atoms with E-state index < -0.39 is 29.7 Å². The first-order valence-corrected chi connectivity index (χ1v) is 9.66. The summed E-state index contributed by atoms with van der Waals surface area (Å²) in [6, 6.07) is 4.44. The maximum Gasteiger partial charge on any atom is 0.277 e. The molecule has 0 spiro atoms. The van der Waals surface area contributed by atoms with Crippen molar-refractivity contribution in [3.63, 3.8) is 0 Å². The Morgan fingerprint density at radius 3 is 2.94 bits per heavy atom. The van der Waals surface area contributed by atoms with E-state index in [1.807, 2.05) is 0 Å². The molecule has 0 saturated heterocycles. The van der Waals surface area contributed by atoms with Gasteiger partial charge in [-0.15, -0.1) is 0 Å². The third-order valence-electron chi connectivity index (χ3n) is 4.95. The molecule has 2 amide bonds. The van der Waals surface area contributed by atoms with Crippen LogP contribution in [0.2, 0.25) is 0 Å². The lowest BCUT2D eigenvalue weighted by molar-refractivity contribution is -0.118. The van der Waals surface area contributed by atoms with E-state index in [-0.39, 0.29) is 42.9 Å². The first-order valence-electron chi connectivity index (χ1n) is 9.66. The number of aromatic nitrogens is 2. The van der Waals surface area contributed by atoms with Crippen LogP contribution in [0.25, 0.3) is 0 Å². The number of hydrogen-bond donors (Lipinski definition) is 7. The smallest absolute Gasteiger partial charge is 0.277 e. The fourth-order valence-corrected chi connectivity index (χ4v) is 3.38. The van der Waals surface area contributed by atoms with E-state index in [9.17, 15) is 24.6 Å². The van der Waals surface area contributed by atoms with E-state index in [0.29, 0.717) is 17.0 Å². The molecule has 4 rings (SSSR count). The van der Waals surface area contributed by atoms with Gasteiger partial charge in [0, 0.05) is 6.54 Å². The third-order valence-corrected chi connectivity index (χ3v) is 4.95. The van der Waals surface area contributed by atoms with E-state index in [0.717, 1.165) is 0 Å². The molecule has 0 aliphatic carbocycles. The highest BCUT2D eigenvalue weighted by Crippen LogP contribution is 2.28. The summed E-state index contributed by atoms with van der Waals surface area (Å²) in [5.41, 5.74) is 0.797. The molecule has 0 bridgehead atoms. The molecular formula is C19H22N6O6. The van der Waals surface area contributed by atoms with Crippen molar-refractivity contribution in [2.45, 2.75) is 31.6 Å². The number of amides is 2. The molecule has 0 radical (unpaired) electrons. The predicted octanol–water partition coefficient (Wildman–Crippen LogP) is -0.770. The quantitative estimate of drug-likeness (QED) is 0.321. The molecule has 0 saturated carbocycles. The number of aliphatic hydroxyl groups excluding tert-OH is 2. The molecule has 1 aromatic carbocycles. The Kier molecular flexibility index (Phi) is 5.48. The lowest BCUT2D eigenvalue weighted by Gasteiger charge is -2.31. The van der Waals surface area contributed by atoms with Crippen molar-refractivity contribution in [3.8, 4) is 5.75 Å².